The van der Waals surface area contributed by atoms with Crippen molar-refractivity contribution in [1.29, 1.82) is 0 Å². The third-order valence-corrected chi connectivity index (χ3v) is 4.27. The summed E-state index contributed by atoms with van der Waals surface area (Å²) in [7, 11) is 0. The van der Waals surface area contributed by atoms with E-state index in [-0.39, 0.29) is 5.91 Å². The summed E-state index contributed by atoms with van der Waals surface area (Å²) in [5.74, 6) is -0.183. The first-order chi connectivity index (χ1) is 10.1. The lowest BCUT2D eigenvalue weighted by Crippen LogP contribution is -2.22. The minimum atomic E-state index is -0.183. The van der Waals surface area contributed by atoms with E-state index < -0.39 is 0 Å². The Hall–Kier alpha value is -2.47. The van der Waals surface area contributed by atoms with Crippen LogP contribution in [0.1, 0.15) is 20.8 Å². The number of amides is 1. The molecule has 0 aliphatic carbocycles. The molecule has 0 saturated heterocycles. The number of nitrogens with zero attached hydrogens (tertiary/aromatic N) is 2. The molecule has 3 rings (SSSR count). The SMILES string of the molecule is Cc1cccc(CNC(=O)c2sc3nnccc3c2N)c1. The standard InChI is InChI=1S/C15H14N4OS/c1-9-3-2-4-10(7-9)8-17-14(20)13-12(16)11-5-6-18-19-15(11)21-13/h2-7H,8,16H2,1H3,(H,17,20). The number of thiophene rings is 1. The number of hydrogen-bond donors (Lipinski definition) is 2. The van der Waals surface area contributed by atoms with E-state index in [1.807, 2.05) is 31.2 Å². The summed E-state index contributed by atoms with van der Waals surface area (Å²) in [5, 5.41) is 11.4. The van der Waals surface area contributed by atoms with Crippen molar-refractivity contribution < 1.29 is 4.79 Å². The molecule has 106 valence electrons. The molecular formula is C15H14N4OS. The maximum Gasteiger partial charge on any atom is 0.263 e. The van der Waals surface area contributed by atoms with Crippen molar-refractivity contribution in [2.45, 2.75) is 13.5 Å². The Labute approximate surface area is 125 Å². The zero-order valence-electron chi connectivity index (χ0n) is 11.5. The summed E-state index contributed by atoms with van der Waals surface area (Å²) >= 11 is 1.26. The van der Waals surface area contributed by atoms with Crippen LogP contribution in [0.2, 0.25) is 0 Å². The molecule has 0 saturated carbocycles. The molecule has 0 unspecified atom stereocenters. The lowest BCUT2D eigenvalue weighted by molar-refractivity contribution is 0.0956. The molecule has 0 spiro atoms. The second kappa shape index (κ2) is 5.49. The minimum Gasteiger partial charge on any atom is -0.397 e. The fraction of sp³-hybridized carbons (Fsp3) is 0.133. The van der Waals surface area contributed by atoms with Crippen LogP contribution in [0.3, 0.4) is 0 Å². The summed E-state index contributed by atoms with van der Waals surface area (Å²) in [4.78, 5) is 13.4. The largest absolute Gasteiger partial charge is 0.397 e. The first-order valence-corrected chi connectivity index (χ1v) is 7.30. The summed E-state index contributed by atoms with van der Waals surface area (Å²) < 4.78 is 0. The molecule has 0 aliphatic rings. The van der Waals surface area contributed by atoms with Crippen LogP contribution in [0.5, 0.6) is 0 Å². The van der Waals surface area contributed by atoms with Crippen molar-refractivity contribution in [3.63, 3.8) is 0 Å². The molecule has 3 N–H and O–H groups in total. The number of nitrogen functional groups attached to an aromatic ring is 1. The van der Waals surface area contributed by atoms with Gasteiger partial charge in [-0.2, -0.15) is 5.10 Å². The average molecular weight is 298 g/mol. The molecule has 1 amide bonds. The smallest absolute Gasteiger partial charge is 0.263 e. The molecule has 0 atom stereocenters. The van der Waals surface area contributed by atoms with E-state index in [0.29, 0.717) is 21.9 Å². The monoisotopic (exact) mass is 298 g/mol. The van der Waals surface area contributed by atoms with Gasteiger partial charge in [0.15, 0.2) is 0 Å². The molecule has 6 heteroatoms. The molecule has 2 heterocycles. The summed E-state index contributed by atoms with van der Waals surface area (Å²) in [6.45, 7) is 2.49. The fourth-order valence-electron chi connectivity index (χ4n) is 2.13. The number of carbonyl (C=O) groups excluding carboxylic acids is 1. The van der Waals surface area contributed by atoms with Crippen LogP contribution in [-0.2, 0) is 6.54 Å². The van der Waals surface area contributed by atoms with E-state index >= 15 is 0 Å². The van der Waals surface area contributed by atoms with Crippen LogP contribution in [-0.4, -0.2) is 16.1 Å². The predicted molar refractivity (Wildman–Crippen MR) is 84.2 cm³/mol. The highest BCUT2D eigenvalue weighted by molar-refractivity contribution is 7.21. The van der Waals surface area contributed by atoms with Gasteiger partial charge < -0.3 is 11.1 Å². The minimum absolute atomic E-state index is 0.183. The average Bonchev–Trinajstić information content (AvgIpc) is 2.83. The van der Waals surface area contributed by atoms with Crippen molar-refractivity contribution in [2.75, 3.05) is 5.73 Å². The molecule has 0 fully saturated rings. The van der Waals surface area contributed by atoms with E-state index in [2.05, 4.69) is 15.5 Å². The molecule has 21 heavy (non-hydrogen) atoms. The normalized spacial score (nSPS) is 10.7. The van der Waals surface area contributed by atoms with Crippen molar-refractivity contribution in [3.05, 3.63) is 52.5 Å². The van der Waals surface area contributed by atoms with E-state index in [9.17, 15) is 4.79 Å². The van der Waals surface area contributed by atoms with Gasteiger partial charge in [0, 0.05) is 11.9 Å². The van der Waals surface area contributed by atoms with Crippen molar-refractivity contribution in [3.8, 4) is 0 Å². The van der Waals surface area contributed by atoms with Gasteiger partial charge in [-0.05, 0) is 18.6 Å². The third-order valence-electron chi connectivity index (χ3n) is 3.16. The molecule has 1 aromatic carbocycles. The fourth-order valence-corrected chi connectivity index (χ4v) is 3.08. The summed E-state index contributed by atoms with van der Waals surface area (Å²) in [6.07, 6.45) is 1.57. The Morgan fingerprint density at radius 2 is 2.24 bits per heavy atom. The number of hydrogen-bond acceptors (Lipinski definition) is 5. The number of nitrogens with one attached hydrogen (secondary N) is 1. The molecule has 0 radical (unpaired) electrons. The number of rotatable bonds is 3. The lowest BCUT2D eigenvalue weighted by Gasteiger charge is -2.05. The second-order valence-corrected chi connectivity index (χ2v) is 5.77. The number of fused-ring (bicyclic) bond motifs is 1. The third kappa shape index (κ3) is 2.71. The van der Waals surface area contributed by atoms with E-state index in [0.717, 1.165) is 10.9 Å². The highest BCUT2D eigenvalue weighted by atomic mass is 32.1. The van der Waals surface area contributed by atoms with E-state index in [1.165, 1.54) is 16.9 Å². The predicted octanol–water partition coefficient (Wildman–Crippen LogP) is 2.51. The van der Waals surface area contributed by atoms with Crippen LogP contribution in [0.15, 0.2) is 36.5 Å². The maximum absolute atomic E-state index is 12.3. The number of aryl methyl sites for hydroxylation is 1. The van der Waals surface area contributed by atoms with Crippen LogP contribution >= 0.6 is 11.3 Å². The lowest BCUT2D eigenvalue weighted by atomic mass is 10.1. The van der Waals surface area contributed by atoms with Gasteiger partial charge >= 0.3 is 0 Å². The van der Waals surface area contributed by atoms with Crippen LogP contribution in [0, 0.1) is 6.92 Å². The zero-order valence-corrected chi connectivity index (χ0v) is 12.3. The number of anilines is 1. The summed E-state index contributed by atoms with van der Waals surface area (Å²) in [5.41, 5.74) is 8.70. The Kier molecular flexibility index (Phi) is 3.53. The van der Waals surface area contributed by atoms with Crippen molar-refractivity contribution in [2.24, 2.45) is 0 Å². The molecule has 3 aromatic rings. The Morgan fingerprint density at radius 3 is 3.00 bits per heavy atom. The van der Waals surface area contributed by atoms with Gasteiger partial charge in [0.25, 0.3) is 5.91 Å². The molecular weight excluding hydrogens is 284 g/mol. The van der Waals surface area contributed by atoms with E-state index in [1.54, 1.807) is 12.3 Å². The number of nitrogens with two attached hydrogens (primary N) is 1. The zero-order chi connectivity index (χ0) is 14.8. The van der Waals surface area contributed by atoms with Gasteiger partial charge in [0.2, 0.25) is 0 Å². The summed E-state index contributed by atoms with van der Waals surface area (Å²) in [6, 6.07) is 9.78. The molecule has 0 bridgehead atoms. The number of aromatic nitrogens is 2. The van der Waals surface area contributed by atoms with Gasteiger partial charge in [-0.25, -0.2) is 0 Å². The Balaban J connectivity index is 1.79. The highest BCUT2D eigenvalue weighted by Crippen LogP contribution is 2.31. The van der Waals surface area contributed by atoms with Crippen LogP contribution < -0.4 is 11.1 Å². The van der Waals surface area contributed by atoms with Crippen molar-refractivity contribution in [1.82, 2.24) is 15.5 Å². The molecule has 5 nitrogen and oxygen atoms in total. The quantitative estimate of drug-likeness (QED) is 0.778. The maximum atomic E-state index is 12.3. The van der Waals surface area contributed by atoms with Gasteiger partial charge in [0.1, 0.15) is 9.71 Å². The Morgan fingerprint density at radius 1 is 1.38 bits per heavy atom. The number of carbonyl (C=O) groups is 1. The second-order valence-electron chi connectivity index (χ2n) is 4.77. The molecule has 0 aliphatic heterocycles. The Bertz CT molecular complexity index is 812. The highest BCUT2D eigenvalue weighted by Gasteiger charge is 2.16. The molecule has 2 aromatic heterocycles. The van der Waals surface area contributed by atoms with Gasteiger partial charge in [-0.3, -0.25) is 4.79 Å². The van der Waals surface area contributed by atoms with Crippen LogP contribution in [0.4, 0.5) is 5.69 Å². The first-order valence-electron chi connectivity index (χ1n) is 6.48. The van der Waals surface area contributed by atoms with Crippen LogP contribution in [0.25, 0.3) is 10.2 Å². The first kappa shape index (κ1) is 13.5. The topological polar surface area (TPSA) is 80.9 Å². The van der Waals surface area contributed by atoms with Crippen molar-refractivity contribution >= 4 is 33.1 Å². The van der Waals surface area contributed by atoms with Gasteiger partial charge in [-0.15, -0.1) is 16.4 Å². The van der Waals surface area contributed by atoms with Gasteiger partial charge in [-0.1, -0.05) is 29.8 Å². The van der Waals surface area contributed by atoms with E-state index in [4.69, 9.17) is 5.73 Å². The van der Waals surface area contributed by atoms with Gasteiger partial charge in [0.05, 0.1) is 11.9 Å². The number of benzene rings is 1.